The summed E-state index contributed by atoms with van der Waals surface area (Å²) in [5.41, 5.74) is 3.02. The fraction of sp³-hybridized carbons (Fsp3) is 0.778. The molecule has 5 atom stereocenters. The number of fused-ring (bicyclic) bond motifs is 1. The summed E-state index contributed by atoms with van der Waals surface area (Å²) in [5, 5.41) is 30.3. The third-order valence-corrected chi connectivity index (χ3v) is 8.51. The van der Waals surface area contributed by atoms with Gasteiger partial charge in [-0.3, -0.25) is 0 Å². The van der Waals surface area contributed by atoms with E-state index in [-0.39, 0.29) is 6.42 Å². The van der Waals surface area contributed by atoms with Gasteiger partial charge in [0.15, 0.2) is 5.79 Å². The standard InChI is InChI=1S/C27H44O3/c1-18(2)8-6-9-19(3)24-13-14-25-21(10-7-15-26(24,25)5)11-12-22-16-23(28)17-27(29,30)20(22)4/h11-12,18-19,23-25,28-30H,4,6-10,13-17H2,1-3,5H3/b21-11+,22-12-/t19-,23-,24-,25-,26-/m0/s1. The van der Waals surface area contributed by atoms with Crippen molar-refractivity contribution >= 4 is 0 Å². The van der Waals surface area contributed by atoms with Gasteiger partial charge in [-0.25, -0.2) is 0 Å². The molecule has 0 spiro atoms. The van der Waals surface area contributed by atoms with Gasteiger partial charge in [-0.2, -0.15) is 0 Å². The highest BCUT2D eigenvalue weighted by Gasteiger charge is 2.50. The summed E-state index contributed by atoms with van der Waals surface area (Å²) in [5.74, 6) is 1.03. The number of aliphatic hydroxyl groups excluding tert-OH is 1. The SMILES string of the molecule is C=C1/C(=C\C=C2/CCC[C@]3(C)[C@H]2CC[C@H]3[C@@H](C)CCCC(C)C)C[C@H](O)CC1(O)O. The molecule has 170 valence electrons. The zero-order valence-electron chi connectivity index (χ0n) is 19.7. The number of hydrogen-bond donors (Lipinski definition) is 3. The maximum Gasteiger partial charge on any atom is 0.191 e. The second-order valence-corrected chi connectivity index (χ2v) is 11.2. The van der Waals surface area contributed by atoms with Crippen LogP contribution in [-0.4, -0.2) is 27.2 Å². The minimum atomic E-state index is -1.99. The number of hydrogen-bond acceptors (Lipinski definition) is 3. The molecule has 0 aliphatic heterocycles. The molecular formula is C27H44O3. The highest BCUT2D eigenvalue weighted by molar-refractivity contribution is 5.40. The Labute approximate surface area is 184 Å². The summed E-state index contributed by atoms with van der Waals surface area (Å²) in [7, 11) is 0. The maximum absolute atomic E-state index is 10.1. The first-order valence-corrected chi connectivity index (χ1v) is 12.3. The quantitative estimate of drug-likeness (QED) is 0.472. The van der Waals surface area contributed by atoms with Crippen molar-refractivity contribution in [3.63, 3.8) is 0 Å². The Hall–Kier alpha value is -0.900. The Morgan fingerprint density at radius 2 is 1.87 bits per heavy atom. The summed E-state index contributed by atoms with van der Waals surface area (Å²) >= 11 is 0. The summed E-state index contributed by atoms with van der Waals surface area (Å²) in [6, 6.07) is 0. The van der Waals surface area contributed by atoms with Gasteiger partial charge < -0.3 is 15.3 Å². The molecule has 3 rings (SSSR count). The van der Waals surface area contributed by atoms with Gasteiger partial charge in [-0.1, -0.05) is 71.3 Å². The van der Waals surface area contributed by atoms with Crippen LogP contribution in [0, 0.1) is 29.1 Å². The van der Waals surface area contributed by atoms with Crippen molar-refractivity contribution in [2.24, 2.45) is 29.1 Å². The third kappa shape index (κ3) is 4.95. The summed E-state index contributed by atoms with van der Waals surface area (Å²) in [6.45, 7) is 13.5. The van der Waals surface area contributed by atoms with E-state index in [0.29, 0.717) is 23.3 Å². The van der Waals surface area contributed by atoms with Gasteiger partial charge in [0.05, 0.1) is 6.10 Å². The monoisotopic (exact) mass is 416 g/mol. The molecule has 0 saturated heterocycles. The second kappa shape index (κ2) is 9.30. The van der Waals surface area contributed by atoms with Crippen LogP contribution in [0.2, 0.25) is 0 Å². The first kappa shape index (κ1) is 23.8. The molecule has 0 aromatic carbocycles. The average molecular weight is 417 g/mol. The zero-order chi connectivity index (χ0) is 22.1. The second-order valence-electron chi connectivity index (χ2n) is 11.2. The summed E-state index contributed by atoms with van der Waals surface area (Å²) in [4.78, 5) is 0. The maximum atomic E-state index is 10.1. The first-order chi connectivity index (χ1) is 14.0. The van der Waals surface area contributed by atoms with Crippen LogP contribution in [0.5, 0.6) is 0 Å². The molecule has 3 nitrogen and oxygen atoms in total. The van der Waals surface area contributed by atoms with Gasteiger partial charge in [0, 0.05) is 12.0 Å². The van der Waals surface area contributed by atoms with Crippen LogP contribution in [0.15, 0.2) is 35.5 Å². The fourth-order valence-electron chi connectivity index (χ4n) is 6.80. The Morgan fingerprint density at radius 3 is 2.57 bits per heavy atom. The number of aliphatic hydroxyl groups is 3. The van der Waals surface area contributed by atoms with E-state index in [0.717, 1.165) is 29.7 Å². The molecule has 3 N–H and O–H groups in total. The largest absolute Gasteiger partial charge is 0.393 e. The fourth-order valence-corrected chi connectivity index (χ4v) is 6.80. The average Bonchev–Trinajstić information content (AvgIpc) is 3.00. The minimum absolute atomic E-state index is 0.0587. The summed E-state index contributed by atoms with van der Waals surface area (Å²) in [6.07, 6.45) is 14.2. The van der Waals surface area contributed by atoms with Crippen molar-refractivity contribution in [2.75, 3.05) is 0 Å². The molecule has 3 saturated carbocycles. The van der Waals surface area contributed by atoms with Crippen LogP contribution in [-0.2, 0) is 0 Å². The van der Waals surface area contributed by atoms with E-state index in [1.165, 1.54) is 50.5 Å². The van der Waals surface area contributed by atoms with E-state index in [1.807, 2.05) is 6.08 Å². The Bertz CT molecular complexity index is 686. The van der Waals surface area contributed by atoms with E-state index >= 15 is 0 Å². The van der Waals surface area contributed by atoms with Gasteiger partial charge in [-0.15, -0.1) is 0 Å². The molecular weight excluding hydrogens is 372 g/mol. The molecule has 3 aliphatic carbocycles. The van der Waals surface area contributed by atoms with Gasteiger partial charge in [0.2, 0.25) is 0 Å². The first-order valence-electron chi connectivity index (χ1n) is 12.3. The predicted octanol–water partition coefficient (Wildman–Crippen LogP) is 5.91. The van der Waals surface area contributed by atoms with Crippen molar-refractivity contribution in [1.82, 2.24) is 0 Å². The molecule has 0 aromatic rings. The molecule has 0 radical (unpaired) electrons. The van der Waals surface area contributed by atoms with Crippen LogP contribution in [0.25, 0.3) is 0 Å². The molecule has 3 heteroatoms. The molecule has 0 amide bonds. The van der Waals surface area contributed by atoms with Gasteiger partial charge >= 0.3 is 0 Å². The molecule has 0 bridgehead atoms. The molecule has 0 unspecified atom stereocenters. The van der Waals surface area contributed by atoms with E-state index in [1.54, 1.807) is 0 Å². The van der Waals surface area contributed by atoms with Crippen LogP contribution in [0.4, 0.5) is 0 Å². The van der Waals surface area contributed by atoms with Gasteiger partial charge in [0.25, 0.3) is 0 Å². The van der Waals surface area contributed by atoms with Crippen molar-refractivity contribution in [3.8, 4) is 0 Å². The lowest BCUT2D eigenvalue weighted by molar-refractivity contribution is -0.155. The Balaban J connectivity index is 1.74. The van der Waals surface area contributed by atoms with E-state index in [9.17, 15) is 15.3 Å². The topological polar surface area (TPSA) is 60.7 Å². The Morgan fingerprint density at radius 1 is 1.13 bits per heavy atom. The van der Waals surface area contributed by atoms with Crippen LogP contribution >= 0.6 is 0 Å². The predicted molar refractivity (Wildman–Crippen MR) is 124 cm³/mol. The van der Waals surface area contributed by atoms with Crippen LogP contribution in [0.1, 0.15) is 91.9 Å². The number of rotatable bonds is 6. The molecule has 0 aromatic heterocycles. The third-order valence-electron chi connectivity index (χ3n) is 8.51. The van der Waals surface area contributed by atoms with Crippen molar-refractivity contribution in [3.05, 3.63) is 35.5 Å². The van der Waals surface area contributed by atoms with E-state index in [2.05, 4.69) is 40.3 Å². The van der Waals surface area contributed by atoms with Crippen LogP contribution < -0.4 is 0 Å². The number of allylic oxidation sites excluding steroid dienone is 3. The molecule has 30 heavy (non-hydrogen) atoms. The lowest BCUT2D eigenvalue weighted by Gasteiger charge is -2.44. The highest BCUT2D eigenvalue weighted by atomic mass is 16.5. The van der Waals surface area contributed by atoms with Crippen molar-refractivity contribution < 1.29 is 15.3 Å². The molecule has 0 heterocycles. The van der Waals surface area contributed by atoms with Crippen LogP contribution in [0.3, 0.4) is 0 Å². The summed E-state index contributed by atoms with van der Waals surface area (Å²) < 4.78 is 0. The lowest BCUT2D eigenvalue weighted by atomic mass is 9.60. The Kier molecular flexibility index (Phi) is 7.37. The van der Waals surface area contributed by atoms with Gasteiger partial charge in [0.1, 0.15) is 0 Å². The van der Waals surface area contributed by atoms with Gasteiger partial charge in [-0.05, 0) is 73.2 Å². The van der Waals surface area contributed by atoms with Crippen molar-refractivity contribution in [1.29, 1.82) is 0 Å². The van der Waals surface area contributed by atoms with Crippen molar-refractivity contribution in [2.45, 2.75) is 104 Å². The highest BCUT2D eigenvalue weighted by Crippen LogP contribution is 2.60. The van der Waals surface area contributed by atoms with E-state index < -0.39 is 11.9 Å². The smallest absolute Gasteiger partial charge is 0.191 e. The van der Waals surface area contributed by atoms with E-state index in [4.69, 9.17) is 0 Å². The zero-order valence-corrected chi connectivity index (χ0v) is 19.7. The molecule has 3 fully saturated rings. The molecule has 3 aliphatic rings. The minimum Gasteiger partial charge on any atom is -0.393 e. The lowest BCUT2D eigenvalue weighted by Crippen LogP contribution is -2.40. The normalized spacial score (nSPS) is 37.7.